The summed E-state index contributed by atoms with van der Waals surface area (Å²) in [5, 5.41) is 1.01. The van der Waals surface area contributed by atoms with Crippen molar-refractivity contribution in [2.75, 3.05) is 24.2 Å². The molecule has 16 heavy (non-hydrogen) atoms. The molecule has 0 spiro atoms. The average Bonchev–Trinajstić information content (AvgIpc) is 2.33. The van der Waals surface area contributed by atoms with Gasteiger partial charge in [0.15, 0.2) is 0 Å². The molecule has 1 saturated heterocycles. The Balaban J connectivity index is 2.12. The fourth-order valence-corrected chi connectivity index (χ4v) is 2.30. The molecule has 0 amide bonds. The Labute approximate surface area is 101 Å². The minimum absolute atomic E-state index is 0.251. The molecule has 1 fully saturated rings. The average molecular weight is 238 g/mol. The lowest BCUT2D eigenvalue weighted by Crippen LogP contribution is -2.47. The molecule has 1 aromatic rings. The summed E-state index contributed by atoms with van der Waals surface area (Å²) in [7, 11) is 0. The van der Waals surface area contributed by atoms with Gasteiger partial charge in [-0.15, -0.1) is 11.8 Å². The largest absolute Gasteiger partial charge is 0.355 e. The highest BCUT2D eigenvalue weighted by atomic mass is 32.2. The molecule has 2 atom stereocenters. The van der Waals surface area contributed by atoms with Crippen molar-refractivity contribution >= 4 is 17.6 Å². The summed E-state index contributed by atoms with van der Waals surface area (Å²) < 4.78 is 0. The Morgan fingerprint density at radius 1 is 1.50 bits per heavy atom. The van der Waals surface area contributed by atoms with Crippen LogP contribution < -0.4 is 10.6 Å². The van der Waals surface area contributed by atoms with Gasteiger partial charge in [0.25, 0.3) is 0 Å². The van der Waals surface area contributed by atoms with Crippen molar-refractivity contribution < 1.29 is 0 Å². The number of anilines is 1. The smallest absolute Gasteiger partial charge is 0.133 e. The lowest BCUT2D eigenvalue weighted by atomic mass is 9.94. The summed E-state index contributed by atoms with van der Waals surface area (Å²) in [6, 6.07) is 2.29. The van der Waals surface area contributed by atoms with Gasteiger partial charge in [-0.3, -0.25) is 0 Å². The first-order valence-corrected chi connectivity index (χ1v) is 6.79. The fourth-order valence-electron chi connectivity index (χ4n) is 1.92. The molecule has 1 aliphatic heterocycles. The maximum Gasteiger partial charge on any atom is 0.133 e. The van der Waals surface area contributed by atoms with Crippen molar-refractivity contribution in [3.05, 3.63) is 12.4 Å². The van der Waals surface area contributed by atoms with E-state index in [4.69, 9.17) is 5.73 Å². The Morgan fingerprint density at radius 2 is 2.31 bits per heavy atom. The van der Waals surface area contributed by atoms with E-state index in [1.54, 1.807) is 18.1 Å². The number of nitrogens with two attached hydrogens (primary N) is 1. The molecule has 0 aromatic carbocycles. The fraction of sp³-hybridized carbons (Fsp3) is 0.636. The molecule has 0 radical (unpaired) electrons. The first kappa shape index (κ1) is 11.7. The third-order valence-corrected chi connectivity index (χ3v) is 3.82. The van der Waals surface area contributed by atoms with Gasteiger partial charge in [0, 0.05) is 25.2 Å². The van der Waals surface area contributed by atoms with Crippen LogP contribution in [0.15, 0.2) is 17.4 Å². The van der Waals surface area contributed by atoms with Crippen LogP contribution in [0.4, 0.5) is 5.82 Å². The minimum Gasteiger partial charge on any atom is -0.355 e. The molecule has 2 rings (SSSR count). The van der Waals surface area contributed by atoms with Crippen LogP contribution in [0.2, 0.25) is 0 Å². The molecule has 2 heterocycles. The quantitative estimate of drug-likeness (QED) is 0.623. The molecule has 2 unspecified atom stereocenters. The number of thioether (sulfide) groups is 1. The molecular formula is C11H18N4S. The van der Waals surface area contributed by atoms with Crippen LogP contribution in [0.5, 0.6) is 0 Å². The molecule has 4 nitrogen and oxygen atoms in total. The molecule has 88 valence electrons. The first-order chi connectivity index (χ1) is 7.70. The lowest BCUT2D eigenvalue weighted by Gasteiger charge is -2.35. The van der Waals surface area contributed by atoms with Crippen molar-refractivity contribution in [1.29, 1.82) is 0 Å². The van der Waals surface area contributed by atoms with Gasteiger partial charge in [0.1, 0.15) is 17.2 Å². The number of piperidine rings is 1. The van der Waals surface area contributed by atoms with E-state index in [1.807, 2.05) is 12.3 Å². The molecule has 0 bridgehead atoms. The lowest BCUT2D eigenvalue weighted by molar-refractivity contribution is 0.377. The van der Waals surface area contributed by atoms with Crippen LogP contribution in [0.1, 0.15) is 13.3 Å². The molecule has 2 N–H and O–H groups in total. The highest BCUT2D eigenvalue weighted by Crippen LogP contribution is 2.22. The van der Waals surface area contributed by atoms with Gasteiger partial charge in [0.05, 0.1) is 0 Å². The maximum atomic E-state index is 6.09. The third-order valence-electron chi connectivity index (χ3n) is 3.18. The van der Waals surface area contributed by atoms with Crippen molar-refractivity contribution in [3.63, 3.8) is 0 Å². The Bertz CT molecular complexity index is 358. The number of aromatic nitrogens is 2. The van der Waals surface area contributed by atoms with Gasteiger partial charge in [-0.2, -0.15) is 0 Å². The number of hydrogen-bond donors (Lipinski definition) is 1. The van der Waals surface area contributed by atoms with Crippen LogP contribution in [0.25, 0.3) is 0 Å². The minimum atomic E-state index is 0.251. The number of hydrogen-bond acceptors (Lipinski definition) is 5. The highest BCUT2D eigenvalue weighted by molar-refractivity contribution is 7.98. The van der Waals surface area contributed by atoms with Crippen molar-refractivity contribution in [1.82, 2.24) is 9.97 Å². The van der Waals surface area contributed by atoms with E-state index in [1.165, 1.54) is 0 Å². The SMILES string of the molecule is CSc1cc(N2CCC(C)C(N)C2)ncn1. The molecule has 1 aromatic heterocycles. The summed E-state index contributed by atoms with van der Waals surface area (Å²) in [6.07, 6.45) is 4.79. The third kappa shape index (κ3) is 2.47. The van der Waals surface area contributed by atoms with Crippen molar-refractivity contribution in [3.8, 4) is 0 Å². The van der Waals surface area contributed by atoms with Gasteiger partial charge in [-0.05, 0) is 18.6 Å². The first-order valence-electron chi connectivity index (χ1n) is 5.57. The molecular weight excluding hydrogens is 220 g/mol. The van der Waals surface area contributed by atoms with Gasteiger partial charge in [-0.25, -0.2) is 9.97 Å². The molecule has 1 aliphatic rings. The number of nitrogens with zero attached hydrogens (tertiary/aromatic N) is 3. The molecule has 0 aliphatic carbocycles. The van der Waals surface area contributed by atoms with Crippen molar-refractivity contribution in [2.45, 2.75) is 24.4 Å². The van der Waals surface area contributed by atoms with Crippen molar-refractivity contribution in [2.24, 2.45) is 11.7 Å². The summed E-state index contributed by atoms with van der Waals surface area (Å²) in [5.74, 6) is 1.61. The monoisotopic (exact) mass is 238 g/mol. The van der Waals surface area contributed by atoms with Crippen LogP contribution >= 0.6 is 11.8 Å². The number of rotatable bonds is 2. The highest BCUT2D eigenvalue weighted by Gasteiger charge is 2.23. The molecule has 5 heteroatoms. The second-order valence-electron chi connectivity index (χ2n) is 4.29. The van der Waals surface area contributed by atoms with Crippen LogP contribution in [-0.4, -0.2) is 35.4 Å². The molecule has 0 saturated carbocycles. The standard InChI is InChI=1S/C11H18N4S/c1-8-3-4-15(6-9(8)12)10-5-11(16-2)14-7-13-10/h5,7-9H,3-4,6,12H2,1-2H3. The zero-order valence-electron chi connectivity index (χ0n) is 9.76. The van der Waals surface area contributed by atoms with Gasteiger partial charge >= 0.3 is 0 Å². The van der Waals surface area contributed by atoms with Crippen LogP contribution in [0.3, 0.4) is 0 Å². The van der Waals surface area contributed by atoms with E-state index in [2.05, 4.69) is 21.8 Å². The Hall–Kier alpha value is -0.810. The zero-order valence-corrected chi connectivity index (χ0v) is 10.6. The van der Waals surface area contributed by atoms with E-state index in [0.29, 0.717) is 5.92 Å². The van der Waals surface area contributed by atoms with Crippen LogP contribution in [0, 0.1) is 5.92 Å². The maximum absolute atomic E-state index is 6.09. The topological polar surface area (TPSA) is 55.0 Å². The van der Waals surface area contributed by atoms with E-state index in [0.717, 1.165) is 30.4 Å². The summed E-state index contributed by atoms with van der Waals surface area (Å²) in [6.45, 7) is 4.15. The zero-order chi connectivity index (χ0) is 11.5. The predicted octanol–water partition coefficient (Wildman–Crippen LogP) is 1.37. The Morgan fingerprint density at radius 3 is 3.00 bits per heavy atom. The second-order valence-corrected chi connectivity index (χ2v) is 5.12. The van der Waals surface area contributed by atoms with Gasteiger partial charge in [0.2, 0.25) is 0 Å². The summed E-state index contributed by atoms with van der Waals surface area (Å²) in [4.78, 5) is 10.8. The predicted molar refractivity (Wildman–Crippen MR) is 67.8 cm³/mol. The summed E-state index contributed by atoms with van der Waals surface area (Å²) >= 11 is 1.64. The second kappa shape index (κ2) is 5.01. The van der Waals surface area contributed by atoms with Crippen LogP contribution in [-0.2, 0) is 0 Å². The normalized spacial score (nSPS) is 25.8. The van der Waals surface area contributed by atoms with E-state index in [-0.39, 0.29) is 6.04 Å². The van der Waals surface area contributed by atoms with E-state index in [9.17, 15) is 0 Å². The van der Waals surface area contributed by atoms with Gasteiger partial charge in [-0.1, -0.05) is 6.92 Å². The van der Waals surface area contributed by atoms with Gasteiger partial charge < -0.3 is 10.6 Å². The van der Waals surface area contributed by atoms with E-state index >= 15 is 0 Å². The van der Waals surface area contributed by atoms with E-state index < -0.39 is 0 Å². The summed E-state index contributed by atoms with van der Waals surface area (Å²) in [5.41, 5.74) is 6.09. The Kier molecular flexibility index (Phi) is 3.66.